The minimum Gasteiger partial charge on any atom is -0.304 e. The molecule has 1 N–H and O–H groups in total. The number of nitrogens with one attached hydrogen (secondary N) is 1. The zero-order chi connectivity index (χ0) is 12.5. The summed E-state index contributed by atoms with van der Waals surface area (Å²) in [4.78, 5) is 16.2. The molecule has 1 rings (SSSR count). The van der Waals surface area contributed by atoms with Crippen LogP contribution in [0.5, 0.6) is 0 Å². The number of thioether (sulfide) groups is 1. The lowest BCUT2D eigenvalue weighted by molar-refractivity contribution is -0.119. The molecule has 1 aliphatic heterocycles. The molecule has 0 spiro atoms. The van der Waals surface area contributed by atoms with Crippen LogP contribution in [-0.2, 0) is 4.79 Å². The van der Waals surface area contributed by atoms with Crippen molar-refractivity contribution in [2.24, 2.45) is 16.3 Å². The summed E-state index contributed by atoms with van der Waals surface area (Å²) in [7, 11) is 0. The number of carbonyl (C=O) groups excluding carboxylic acids is 1. The van der Waals surface area contributed by atoms with Crippen molar-refractivity contribution >= 4 is 22.8 Å². The Morgan fingerprint density at radius 3 is 2.25 bits per heavy atom. The molecule has 1 saturated heterocycles. The number of amidine groups is 1. The fraction of sp³-hybridized carbons (Fsp3) is 0.833. The summed E-state index contributed by atoms with van der Waals surface area (Å²) in [5.74, 6) is 0.447. The van der Waals surface area contributed by atoms with Crippen LogP contribution in [0.1, 0.15) is 41.5 Å². The van der Waals surface area contributed by atoms with Gasteiger partial charge in [0, 0.05) is 0 Å². The quantitative estimate of drug-likeness (QED) is 0.809. The van der Waals surface area contributed by atoms with Crippen LogP contribution in [0.4, 0.5) is 0 Å². The molecule has 0 aromatic rings. The predicted molar refractivity (Wildman–Crippen MR) is 70.7 cm³/mol. The fourth-order valence-electron chi connectivity index (χ4n) is 1.25. The first-order chi connectivity index (χ1) is 7.21. The molecule has 1 heterocycles. The third-order valence-corrected chi connectivity index (χ3v) is 4.34. The van der Waals surface area contributed by atoms with Crippen LogP contribution in [-0.4, -0.2) is 22.4 Å². The Bertz CT molecular complexity index is 305. The smallest absolute Gasteiger partial charge is 0.239 e. The highest BCUT2D eigenvalue weighted by Crippen LogP contribution is 2.28. The first kappa shape index (κ1) is 13.6. The summed E-state index contributed by atoms with van der Waals surface area (Å²) in [5.41, 5.74) is 0.133. The summed E-state index contributed by atoms with van der Waals surface area (Å²) in [6, 6.07) is 0.209. The van der Waals surface area contributed by atoms with Gasteiger partial charge in [-0.1, -0.05) is 46.4 Å². The number of hydrogen-bond donors (Lipinski definition) is 1. The highest BCUT2D eigenvalue weighted by molar-refractivity contribution is 8.15. The second-order valence-electron chi connectivity index (χ2n) is 5.75. The van der Waals surface area contributed by atoms with Crippen molar-refractivity contribution in [1.82, 2.24) is 5.32 Å². The van der Waals surface area contributed by atoms with E-state index in [1.807, 2.05) is 0 Å². The Balaban J connectivity index is 2.72. The number of rotatable bonds is 2. The second kappa shape index (κ2) is 4.78. The van der Waals surface area contributed by atoms with E-state index in [0.717, 1.165) is 5.17 Å². The average Bonchev–Trinajstić information content (AvgIpc) is 2.45. The molecule has 1 amide bonds. The van der Waals surface area contributed by atoms with Crippen molar-refractivity contribution in [2.75, 3.05) is 0 Å². The van der Waals surface area contributed by atoms with Gasteiger partial charge in [0.1, 0.15) is 0 Å². The average molecular weight is 242 g/mol. The van der Waals surface area contributed by atoms with Crippen molar-refractivity contribution < 1.29 is 4.79 Å². The lowest BCUT2D eigenvalue weighted by Crippen LogP contribution is -2.29. The number of amides is 1. The molecule has 3 nitrogen and oxygen atoms in total. The second-order valence-corrected chi connectivity index (χ2v) is 6.88. The molecule has 4 heteroatoms. The van der Waals surface area contributed by atoms with Gasteiger partial charge in [-0.25, -0.2) is 0 Å². The van der Waals surface area contributed by atoms with Gasteiger partial charge in [0.15, 0.2) is 5.17 Å². The normalized spacial score (nSPS) is 26.3. The van der Waals surface area contributed by atoms with Gasteiger partial charge in [0.05, 0.1) is 11.3 Å². The molecule has 1 aliphatic rings. The molecular formula is C12H22N2OS. The number of carbonyl (C=O) groups is 1. The highest BCUT2D eigenvalue weighted by atomic mass is 32.2. The SMILES string of the molecule is CC(C)C1SC(=N[C@@H](C)C(C)(C)C)NC1=O. The molecular weight excluding hydrogens is 220 g/mol. The molecule has 0 saturated carbocycles. The van der Waals surface area contributed by atoms with E-state index in [0.29, 0.717) is 5.92 Å². The molecule has 0 aliphatic carbocycles. The van der Waals surface area contributed by atoms with E-state index in [1.54, 1.807) is 11.8 Å². The van der Waals surface area contributed by atoms with E-state index >= 15 is 0 Å². The van der Waals surface area contributed by atoms with E-state index in [4.69, 9.17) is 0 Å². The van der Waals surface area contributed by atoms with E-state index in [9.17, 15) is 4.79 Å². The Morgan fingerprint density at radius 2 is 1.88 bits per heavy atom. The zero-order valence-corrected chi connectivity index (χ0v) is 11.8. The van der Waals surface area contributed by atoms with Gasteiger partial charge in [0.25, 0.3) is 0 Å². The monoisotopic (exact) mass is 242 g/mol. The largest absolute Gasteiger partial charge is 0.304 e. The highest BCUT2D eigenvalue weighted by Gasteiger charge is 2.33. The van der Waals surface area contributed by atoms with Crippen molar-refractivity contribution in [3.05, 3.63) is 0 Å². The summed E-state index contributed by atoms with van der Waals surface area (Å²) in [6.45, 7) is 12.7. The maximum atomic E-state index is 11.6. The third kappa shape index (κ3) is 3.24. The van der Waals surface area contributed by atoms with Gasteiger partial charge >= 0.3 is 0 Å². The van der Waals surface area contributed by atoms with E-state index in [-0.39, 0.29) is 22.6 Å². The van der Waals surface area contributed by atoms with Crippen LogP contribution in [0.25, 0.3) is 0 Å². The first-order valence-electron chi connectivity index (χ1n) is 5.77. The molecule has 0 radical (unpaired) electrons. The van der Waals surface area contributed by atoms with Gasteiger partial charge in [-0.2, -0.15) is 0 Å². The Hall–Kier alpha value is -0.510. The van der Waals surface area contributed by atoms with Crippen LogP contribution in [0.15, 0.2) is 4.99 Å². The Labute approximate surface area is 102 Å². The lowest BCUT2D eigenvalue weighted by atomic mass is 9.89. The minimum atomic E-state index is 0.0194. The number of aliphatic imine (C=N–C) groups is 1. The summed E-state index contributed by atoms with van der Waals surface area (Å²) < 4.78 is 0. The van der Waals surface area contributed by atoms with Crippen molar-refractivity contribution in [2.45, 2.75) is 52.8 Å². The number of hydrogen-bond acceptors (Lipinski definition) is 3. The zero-order valence-electron chi connectivity index (χ0n) is 11.0. The van der Waals surface area contributed by atoms with Crippen molar-refractivity contribution in [3.63, 3.8) is 0 Å². The first-order valence-corrected chi connectivity index (χ1v) is 6.65. The third-order valence-electron chi connectivity index (χ3n) is 2.90. The minimum absolute atomic E-state index is 0.0194. The Morgan fingerprint density at radius 1 is 1.31 bits per heavy atom. The molecule has 16 heavy (non-hydrogen) atoms. The van der Waals surface area contributed by atoms with E-state index in [1.165, 1.54) is 0 Å². The Kier molecular flexibility index (Phi) is 4.05. The van der Waals surface area contributed by atoms with Gasteiger partial charge in [-0.15, -0.1) is 0 Å². The van der Waals surface area contributed by atoms with Gasteiger partial charge in [0.2, 0.25) is 5.91 Å². The van der Waals surface area contributed by atoms with Gasteiger partial charge < -0.3 is 5.32 Å². The molecule has 0 aromatic heterocycles. The molecule has 1 fully saturated rings. The molecule has 1 unspecified atom stereocenters. The van der Waals surface area contributed by atoms with Gasteiger partial charge in [-0.05, 0) is 18.3 Å². The standard InChI is InChI=1S/C12H22N2OS/c1-7(2)9-10(15)14-11(16-9)13-8(3)12(4,5)6/h7-9H,1-6H3,(H,13,14,15)/t8-,9?/m0/s1. The predicted octanol–water partition coefficient (Wildman–Crippen LogP) is 2.66. The number of nitrogens with zero attached hydrogens (tertiary/aromatic N) is 1. The summed E-state index contributed by atoms with van der Waals surface area (Å²) in [5, 5.41) is 3.67. The molecule has 92 valence electrons. The molecule has 2 atom stereocenters. The van der Waals surface area contributed by atoms with Crippen LogP contribution >= 0.6 is 11.8 Å². The molecule has 0 bridgehead atoms. The van der Waals surface area contributed by atoms with Crippen LogP contribution in [0, 0.1) is 11.3 Å². The molecule has 0 aromatic carbocycles. The fourth-order valence-corrected chi connectivity index (χ4v) is 2.31. The van der Waals surface area contributed by atoms with E-state index < -0.39 is 0 Å². The van der Waals surface area contributed by atoms with Crippen LogP contribution < -0.4 is 5.32 Å². The summed E-state index contributed by atoms with van der Waals surface area (Å²) >= 11 is 1.56. The van der Waals surface area contributed by atoms with E-state index in [2.05, 4.69) is 51.9 Å². The van der Waals surface area contributed by atoms with Crippen molar-refractivity contribution in [1.29, 1.82) is 0 Å². The van der Waals surface area contributed by atoms with Crippen molar-refractivity contribution in [3.8, 4) is 0 Å². The van der Waals surface area contributed by atoms with Crippen LogP contribution in [0.3, 0.4) is 0 Å². The van der Waals surface area contributed by atoms with Crippen LogP contribution in [0.2, 0.25) is 0 Å². The summed E-state index contributed by atoms with van der Waals surface area (Å²) in [6.07, 6.45) is 0. The maximum Gasteiger partial charge on any atom is 0.239 e. The maximum absolute atomic E-state index is 11.6. The van der Waals surface area contributed by atoms with Gasteiger partial charge in [-0.3, -0.25) is 9.79 Å². The lowest BCUT2D eigenvalue weighted by Gasteiger charge is -2.23. The topological polar surface area (TPSA) is 41.5 Å².